The molecule has 2 atom stereocenters. The highest BCUT2D eigenvalue weighted by atomic mass is 79.9. The normalized spacial score (nSPS) is 22.8. The Balaban J connectivity index is 1.80. The van der Waals surface area contributed by atoms with Crippen LogP contribution < -0.4 is 10.6 Å². The second-order valence-electron chi connectivity index (χ2n) is 5.29. The summed E-state index contributed by atoms with van der Waals surface area (Å²) in [4.78, 5) is 11.9. The lowest BCUT2D eigenvalue weighted by Gasteiger charge is -2.29. The molecule has 2 unspecified atom stereocenters. The SMILES string of the molecule is CC1CCCCC1NC(=O)NCc1ccccc1Br. The number of hydrogen-bond acceptors (Lipinski definition) is 1. The number of benzene rings is 1. The Morgan fingerprint density at radius 2 is 2.05 bits per heavy atom. The van der Waals surface area contributed by atoms with E-state index in [2.05, 4.69) is 33.5 Å². The summed E-state index contributed by atoms with van der Waals surface area (Å²) in [6.45, 7) is 2.77. The van der Waals surface area contributed by atoms with E-state index >= 15 is 0 Å². The molecule has 2 N–H and O–H groups in total. The second-order valence-corrected chi connectivity index (χ2v) is 6.14. The Bertz CT molecular complexity index is 436. The quantitative estimate of drug-likeness (QED) is 0.871. The zero-order valence-corrected chi connectivity index (χ0v) is 12.9. The third-order valence-electron chi connectivity index (χ3n) is 3.83. The minimum atomic E-state index is -0.0606. The first kappa shape index (κ1) is 14.4. The molecule has 0 spiro atoms. The van der Waals surface area contributed by atoms with Crippen molar-refractivity contribution in [1.82, 2.24) is 10.6 Å². The molecule has 1 aromatic rings. The molecule has 1 saturated carbocycles. The van der Waals surface area contributed by atoms with Crippen molar-refractivity contribution in [2.75, 3.05) is 0 Å². The third-order valence-corrected chi connectivity index (χ3v) is 4.60. The Morgan fingerprint density at radius 3 is 2.79 bits per heavy atom. The van der Waals surface area contributed by atoms with Gasteiger partial charge in [-0.2, -0.15) is 0 Å². The van der Waals surface area contributed by atoms with Crippen LogP contribution in [0.15, 0.2) is 28.7 Å². The molecule has 4 heteroatoms. The smallest absolute Gasteiger partial charge is 0.315 e. The van der Waals surface area contributed by atoms with Crippen LogP contribution in [0.3, 0.4) is 0 Å². The van der Waals surface area contributed by atoms with E-state index in [1.54, 1.807) is 0 Å². The molecule has 104 valence electrons. The number of nitrogens with one attached hydrogen (secondary N) is 2. The van der Waals surface area contributed by atoms with Crippen molar-refractivity contribution < 1.29 is 4.79 Å². The maximum atomic E-state index is 11.9. The number of amides is 2. The largest absolute Gasteiger partial charge is 0.335 e. The van der Waals surface area contributed by atoms with Gasteiger partial charge in [0.05, 0.1) is 0 Å². The standard InChI is InChI=1S/C15H21BrN2O/c1-11-6-2-5-9-14(11)18-15(19)17-10-12-7-3-4-8-13(12)16/h3-4,7-8,11,14H,2,5-6,9-10H2,1H3,(H2,17,18,19). The zero-order valence-electron chi connectivity index (χ0n) is 11.3. The Kier molecular flexibility index (Phi) is 5.25. The van der Waals surface area contributed by atoms with Crippen LogP contribution in [0.2, 0.25) is 0 Å². The summed E-state index contributed by atoms with van der Waals surface area (Å²) in [5, 5.41) is 6.02. The van der Waals surface area contributed by atoms with E-state index in [-0.39, 0.29) is 6.03 Å². The van der Waals surface area contributed by atoms with E-state index in [0.717, 1.165) is 16.5 Å². The highest BCUT2D eigenvalue weighted by molar-refractivity contribution is 9.10. The van der Waals surface area contributed by atoms with Crippen LogP contribution in [0.1, 0.15) is 38.2 Å². The van der Waals surface area contributed by atoms with Crippen molar-refractivity contribution in [3.63, 3.8) is 0 Å². The van der Waals surface area contributed by atoms with Crippen LogP contribution in [0.4, 0.5) is 4.79 Å². The van der Waals surface area contributed by atoms with E-state index in [1.165, 1.54) is 19.3 Å². The Labute approximate surface area is 123 Å². The summed E-state index contributed by atoms with van der Waals surface area (Å²) in [5.41, 5.74) is 1.09. The molecule has 1 aromatic carbocycles. The van der Waals surface area contributed by atoms with Gasteiger partial charge in [-0.1, -0.05) is 53.9 Å². The van der Waals surface area contributed by atoms with E-state index in [9.17, 15) is 4.79 Å². The van der Waals surface area contributed by atoms with Crippen molar-refractivity contribution in [1.29, 1.82) is 0 Å². The lowest BCUT2D eigenvalue weighted by molar-refractivity contribution is 0.221. The van der Waals surface area contributed by atoms with Crippen molar-refractivity contribution in [3.05, 3.63) is 34.3 Å². The van der Waals surface area contributed by atoms with E-state index in [4.69, 9.17) is 0 Å². The van der Waals surface area contributed by atoms with Crippen molar-refractivity contribution in [2.45, 2.75) is 45.2 Å². The van der Waals surface area contributed by atoms with Gasteiger partial charge in [-0.3, -0.25) is 0 Å². The fourth-order valence-corrected chi connectivity index (χ4v) is 2.99. The van der Waals surface area contributed by atoms with Crippen LogP contribution in [0.5, 0.6) is 0 Å². The first-order chi connectivity index (χ1) is 9.16. The molecule has 0 bridgehead atoms. The highest BCUT2D eigenvalue weighted by Crippen LogP contribution is 2.23. The molecule has 1 aliphatic rings. The summed E-state index contributed by atoms with van der Waals surface area (Å²) in [6.07, 6.45) is 4.83. The molecular formula is C15H21BrN2O. The molecule has 1 fully saturated rings. The van der Waals surface area contributed by atoms with Gasteiger partial charge in [0.2, 0.25) is 0 Å². The first-order valence-corrected chi connectivity index (χ1v) is 7.74. The van der Waals surface area contributed by atoms with Crippen LogP contribution >= 0.6 is 15.9 Å². The maximum absolute atomic E-state index is 11.9. The first-order valence-electron chi connectivity index (χ1n) is 6.94. The monoisotopic (exact) mass is 324 g/mol. The summed E-state index contributed by atoms with van der Waals surface area (Å²) in [7, 11) is 0. The number of carbonyl (C=O) groups excluding carboxylic acids is 1. The van der Waals surface area contributed by atoms with Crippen molar-refractivity contribution >= 4 is 22.0 Å². The van der Waals surface area contributed by atoms with E-state index in [0.29, 0.717) is 18.5 Å². The van der Waals surface area contributed by atoms with Gasteiger partial charge in [0.15, 0.2) is 0 Å². The van der Waals surface area contributed by atoms with Crippen LogP contribution in [0, 0.1) is 5.92 Å². The van der Waals surface area contributed by atoms with Gasteiger partial charge < -0.3 is 10.6 Å². The van der Waals surface area contributed by atoms with Gasteiger partial charge in [-0.05, 0) is 30.4 Å². The summed E-state index contributed by atoms with van der Waals surface area (Å²) in [5.74, 6) is 0.586. The predicted molar refractivity (Wildman–Crippen MR) is 80.9 cm³/mol. The minimum absolute atomic E-state index is 0.0606. The van der Waals surface area contributed by atoms with Crippen molar-refractivity contribution in [2.24, 2.45) is 5.92 Å². The predicted octanol–water partition coefficient (Wildman–Crippen LogP) is 3.83. The van der Waals surface area contributed by atoms with Crippen LogP contribution in [0.25, 0.3) is 0 Å². The molecule has 2 rings (SSSR count). The van der Waals surface area contributed by atoms with Gasteiger partial charge in [-0.15, -0.1) is 0 Å². The van der Waals surface area contributed by atoms with E-state index < -0.39 is 0 Å². The molecule has 19 heavy (non-hydrogen) atoms. The van der Waals surface area contributed by atoms with Crippen molar-refractivity contribution in [3.8, 4) is 0 Å². The zero-order chi connectivity index (χ0) is 13.7. The summed E-state index contributed by atoms with van der Waals surface area (Å²) < 4.78 is 1.03. The second kappa shape index (κ2) is 6.94. The molecule has 0 aliphatic heterocycles. The fraction of sp³-hybridized carbons (Fsp3) is 0.533. The number of halogens is 1. The van der Waals surface area contributed by atoms with E-state index in [1.807, 2.05) is 24.3 Å². The molecule has 0 aromatic heterocycles. The molecule has 2 amide bonds. The van der Waals surface area contributed by atoms with Gasteiger partial charge in [-0.25, -0.2) is 4.79 Å². The summed E-state index contributed by atoms with van der Waals surface area (Å²) in [6, 6.07) is 8.20. The number of hydrogen-bond donors (Lipinski definition) is 2. The summed E-state index contributed by atoms with van der Waals surface area (Å²) >= 11 is 3.48. The van der Waals surface area contributed by atoms with Gasteiger partial charge in [0.25, 0.3) is 0 Å². The van der Waals surface area contributed by atoms with Gasteiger partial charge in [0.1, 0.15) is 0 Å². The third kappa shape index (κ3) is 4.23. The molecule has 0 radical (unpaired) electrons. The minimum Gasteiger partial charge on any atom is -0.335 e. The topological polar surface area (TPSA) is 41.1 Å². The average molecular weight is 325 g/mol. The average Bonchev–Trinajstić information content (AvgIpc) is 2.40. The molecule has 0 saturated heterocycles. The number of carbonyl (C=O) groups is 1. The highest BCUT2D eigenvalue weighted by Gasteiger charge is 2.22. The fourth-order valence-electron chi connectivity index (χ4n) is 2.57. The van der Waals surface area contributed by atoms with Crippen LogP contribution in [-0.2, 0) is 6.54 Å². The van der Waals surface area contributed by atoms with Gasteiger partial charge in [0, 0.05) is 17.1 Å². The molecule has 3 nitrogen and oxygen atoms in total. The molecule has 1 aliphatic carbocycles. The van der Waals surface area contributed by atoms with Crippen LogP contribution in [-0.4, -0.2) is 12.1 Å². The Morgan fingerprint density at radius 1 is 1.32 bits per heavy atom. The number of urea groups is 1. The Hall–Kier alpha value is -1.03. The lowest BCUT2D eigenvalue weighted by atomic mass is 9.86. The molecule has 0 heterocycles. The maximum Gasteiger partial charge on any atom is 0.315 e. The molecular weight excluding hydrogens is 304 g/mol. The van der Waals surface area contributed by atoms with Gasteiger partial charge >= 0.3 is 6.03 Å². The number of rotatable bonds is 3. The lowest BCUT2D eigenvalue weighted by Crippen LogP contribution is -2.45.